The second-order valence-electron chi connectivity index (χ2n) is 6.70. The third kappa shape index (κ3) is 4.95. The number of hydrogen-bond acceptors (Lipinski definition) is 7. The summed E-state index contributed by atoms with van der Waals surface area (Å²) in [4.78, 5) is 6.62. The molecule has 1 aromatic carbocycles. The summed E-state index contributed by atoms with van der Waals surface area (Å²) in [7, 11) is 3.91. The van der Waals surface area contributed by atoms with Gasteiger partial charge in [0.2, 0.25) is 0 Å². The molecule has 0 fully saturated rings. The summed E-state index contributed by atoms with van der Waals surface area (Å²) in [5.74, 6) is 0.297. The van der Waals surface area contributed by atoms with Gasteiger partial charge in [0.1, 0.15) is 17.7 Å². The molecule has 142 valence electrons. The van der Waals surface area contributed by atoms with Crippen molar-refractivity contribution in [1.29, 1.82) is 5.41 Å². The van der Waals surface area contributed by atoms with Crippen LogP contribution in [-0.4, -0.2) is 77.2 Å². The average Bonchev–Trinajstić information content (AvgIpc) is 2.89. The van der Waals surface area contributed by atoms with E-state index in [-0.39, 0.29) is 12.6 Å². The van der Waals surface area contributed by atoms with Gasteiger partial charge in [0.25, 0.3) is 0 Å². The van der Waals surface area contributed by atoms with Crippen molar-refractivity contribution in [1.82, 2.24) is 15.2 Å². The van der Waals surface area contributed by atoms with Crippen LogP contribution in [0.3, 0.4) is 0 Å². The number of nitrogens with one attached hydrogen (secondary N) is 2. The first-order chi connectivity index (χ1) is 12.3. The van der Waals surface area contributed by atoms with Crippen LogP contribution in [0, 0.1) is 5.41 Å². The molecular formula is C18H28N6O2. The minimum atomic E-state index is -0.837. The molecule has 0 aromatic heterocycles. The lowest BCUT2D eigenvalue weighted by atomic mass is 10.1. The number of aliphatic hydroxyl groups is 2. The summed E-state index contributed by atoms with van der Waals surface area (Å²) in [6, 6.07) is 7.23. The van der Waals surface area contributed by atoms with Crippen LogP contribution in [0.5, 0.6) is 0 Å². The van der Waals surface area contributed by atoms with E-state index in [0.29, 0.717) is 35.9 Å². The van der Waals surface area contributed by atoms with Gasteiger partial charge in [0.15, 0.2) is 5.84 Å². The third-order valence-electron chi connectivity index (χ3n) is 3.81. The molecule has 1 aliphatic rings. The van der Waals surface area contributed by atoms with Crippen LogP contribution in [0.15, 0.2) is 34.4 Å². The highest BCUT2D eigenvalue weighted by atomic mass is 16.3. The summed E-state index contributed by atoms with van der Waals surface area (Å²) < 4.78 is 0. The number of nitrogens with zero attached hydrogens (tertiary/aromatic N) is 4. The summed E-state index contributed by atoms with van der Waals surface area (Å²) in [5.41, 5.74) is 2.72. The number of amidine groups is 1. The van der Waals surface area contributed by atoms with Gasteiger partial charge in [-0.3, -0.25) is 10.7 Å². The van der Waals surface area contributed by atoms with Gasteiger partial charge in [-0.2, -0.15) is 5.10 Å². The Morgan fingerprint density at radius 3 is 2.46 bits per heavy atom. The van der Waals surface area contributed by atoms with Crippen molar-refractivity contribution in [2.24, 2.45) is 10.1 Å². The standard InChI is InChI=1S/C18H28N6O2/c1-12(2)24-17(19)16(15(22-24)11-23(3)4)21-14-7-5-13(6-8-14)18(26)20-9-10-25/h5-8,12,18-20,25-26H,9-11H2,1-4H3. The van der Waals surface area contributed by atoms with E-state index in [1.54, 1.807) is 29.3 Å². The van der Waals surface area contributed by atoms with Gasteiger partial charge in [0.05, 0.1) is 12.3 Å². The van der Waals surface area contributed by atoms with Crippen molar-refractivity contribution in [2.45, 2.75) is 26.1 Å². The first-order valence-corrected chi connectivity index (χ1v) is 8.65. The van der Waals surface area contributed by atoms with Crippen molar-refractivity contribution in [3.63, 3.8) is 0 Å². The number of aliphatic hydroxyl groups excluding tert-OH is 2. The van der Waals surface area contributed by atoms with Crippen LogP contribution >= 0.6 is 0 Å². The van der Waals surface area contributed by atoms with E-state index in [0.717, 1.165) is 5.71 Å². The maximum atomic E-state index is 9.98. The highest BCUT2D eigenvalue weighted by Gasteiger charge is 2.30. The van der Waals surface area contributed by atoms with Crippen molar-refractivity contribution >= 4 is 22.9 Å². The van der Waals surface area contributed by atoms with Gasteiger partial charge >= 0.3 is 0 Å². The van der Waals surface area contributed by atoms with E-state index in [1.807, 2.05) is 32.8 Å². The van der Waals surface area contributed by atoms with Crippen molar-refractivity contribution in [2.75, 3.05) is 33.8 Å². The Labute approximate surface area is 154 Å². The Morgan fingerprint density at radius 2 is 1.92 bits per heavy atom. The van der Waals surface area contributed by atoms with E-state index in [1.165, 1.54) is 0 Å². The number of aliphatic imine (C=N–C) groups is 1. The molecule has 0 saturated heterocycles. The zero-order valence-corrected chi connectivity index (χ0v) is 15.8. The molecule has 1 atom stereocenters. The maximum absolute atomic E-state index is 9.98. The summed E-state index contributed by atoms with van der Waals surface area (Å²) in [6.45, 7) is 4.86. The van der Waals surface area contributed by atoms with Gasteiger partial charge in [-0.25, -0.2) is 10.0 Å². The third-order valence-corrected chi connectivity index (χ3v) is 3.81. The molecule has 26 heavy (non-hydrogen) atoms. The monoisotopic (exact) mass is 360 g/mol. The number of hydrogen-bond donors (Lipinski definition) is 4. The zero-order valence-electron chi connectivity index (χ0n) is 15.8. The normalized spacial score (nSPS) is 17.5. The molecule has 0 radical (unpaired) electrons. The molecule has 1 aromatic rings. The lowest BCUT2D eigenvalue weighted by molar-refractivity contribution is 0.129. The SMILES string of the molecule is CC(C)N1N=C(CN(C)C)C(=Nc2ccc(C(O)NCCO)cc2)C1=N. The van der Waals surface area contributed by atoms with Crippen LogP contribution in [0.2, 0.25) is 0 Å². The van der Waals surface area contributed by atoms with Gasteiger partial charge in [-0.1, -0.05) is 12.1 Å². The van der Waals surface area contributed by atoms with E-state index >= 15 is 0 Å². The predicted octanol–water partition coefficient (Wildman–Crippen LogP) is 0.951. The Morgan fingerprint density at radius 1 is 1.27 bits per heavy atom. The van der Waals surface area contributed by atoms with Gasteiger partial charge in [0, 0.05) is 19.1 Å². The fraction of sp³-hybridized carbons (Fsp3) is 0.500. The topological polar surface area (TPSA) is 108 Å². The minimum absolute atomic E-state index is 0.0365. The van der Waals surface area contributed by atoms with Crippen molar-refractivity contribution < 1.29 is 10.2 Å². The summed E-state index contributed by atoms with van der Waals surface area (Å²) in [5, 5.41) is 36.2. The molecule has 0 amide bonds. The molecule has 0 spiro atoms. The first-order valence-electron chi connectivity index (χ1n) is 8.65. The van der Waals surface area contributed by atoms with E-state index in [9.17, 15) is 5.11 Å². The lowest BCUT2D eigenvalue weighted by Crippen LogP contribution is -2.33. The Bertz CT molecular complexity index is 681. The summed E-state index contributed by atoms with van der Waals surface area (Å²) in [6.07, 6.45) is -0.837. The predicted molar refractivity (Wildman–Crippen MR) is 104 cm³/mol. The molecule has 8 nitrogen and oxygen atoms in total. The van der Waals surface area contributed by atoms with Gasteiger partial charge in [-0.05, 0) is 45.6 Å². The van der Waals surface area contributed by atoms with E-state index in [4.69, 9.17) is 10.5 Å². The van der Waals surface area contributed by atoms with Crippen LogP contribution in [-0.2, 0) is 0 Å². The Balaban J connectivity index is 2.23. The van der Waals surface area contributed by atoms with Crippen LogP contribution in [0.25, 0.3) is 0 Å². The highest BCUT2D eigenvalue weighted by molar-refractivity contribution is 6.70. The molecular weight excluding hydrogens is 332 g/mol. The minimum Gasteiger partial charge on any atom is -0.395 e. The second kappa shape index (κ2) is 9.00. The molecule has 8 heteroatoms. The van der Waals surface area contributed by atoms with E-state index in [2.05, 4.69) is 15.4 Å². The van der Waals surface area contributed by atoms with E-state index < -0.39 is 6.23 Å². The summed E-state index contributed by atoms with van der Waals surface area (Å²) >= 11 is 0. The number of benzene rings is 1. The quantitative estimate of drug-likeness (QED) is 0.516. The smallest absolute Gasteiger partial charge is 0.169 e. The molecule has 0 bridgehead atoms. The van der Waals surface area contributed by atoms with Crippen LogP contribution in [0.4, 0.5) is 5.69 Å². The van der Waals surface area contributed by atoms with Gasteiger partial charge < -0.3 is 15.1 Å². The number of rotatable bonds is 8. The molecule has 1 aliphatic heterocycles. The second-order valence-corrected chi connectivity index (χ2v) is 6.70. The van der Waals surface area contributed by atoms with Gasteiger partial charge in [-0.15, -0.1) is 0 Å². The largest absolute Gasteiger partial charge is 0.395 e. The lowest BCUT2D eigenvalue weighted by Gasteiger charge is -2.17. The molecule has 1 heterocycles. The molecule has 1 unspecified atom stereocenters. The highest BCUT2D eigenvalue weighted by Crippen LogP contribution is 2.20. The van der Waals surface area contributed by atoms with Crippen LogP contribution in [0.1, 0.15) is 25.6 Å². The van der Waals surface area contributed by atoms with Crippen LogP contribution < -0.4 is 5.32 Å². The fourth-order valence-electron chi connectivity index (χ4n) is 2.55. The molecule has 0 aliphatic carbocycles. The first kappa shape index (κ1) is 20.2. The Hall–Kier alpha value is -2.13. The maximum Gasteiger partial charge on any atom is 0.169 e. The Kier molecular flexibility index (Phi) is 6.98. The molecule has 2 rings (SSSR count). The van der Waals surface area contributed by atoms with Crippen molar-refractivity contribution in [3.05, 3.63) is 29.8 Å². The average molecular weight is 360 g/mol. The zero-order chi connectivity index (χ0) is 19.3. The molecule has 4 N–H and O–H groups in total. The molecule has 0 saturated carbocycles. The van der Waals surface area contributed by atoms with Crippen molar-refractivity contribution in [3.8, 4) is 0 Å². The number of hydrazone groups is 1. The fourth-order valence-corrected chi connectivity index (χ4v) is 2.55.